The van der Waals surface area contributed by atoms with Gasteiger partial charge < -0.3 is 39.1 Å². The average Bonchev–Trinajstić information content (AvgIpc) is 4.07. The first kappa shape index (κ1) is 47.9. The number of nitrogens with zero attached hydrogens (tertiary/aromatic N) is 3. The fraction of sp³-hybridized carbons (Fsp3) is 0.385. The van der Waals surface area contributed by atoms with Gasteiger partial charge in [0.1, 0.15) is 28.5 Å². The summed E-state index contributed by atoms with van der Waals surface area (Å²) < 4.78 is 51.0. The first-order valence-electron chi connectivity index (χ1n) is 23.2. The van der Waals surface area contributed by atoms with Crippen LogP contribution >= 0.6 is 23.2 Å². The summed E-state index contributed by atoms with van der Waals surface area (Å²) in [5.74, 6) is -2.40. The number of amides is 2. The van der Waals surface area contributed by atoms with Crippen LogP contribution in [0.4, 0.5) is 13.6 Å². The summed E-state index contributed by atoms with van der Waals surface area (Å²) in [5.41, 5.74) is 1.02. The van der Waals surface area contributed by atoms with Crippen molar-refractivity contribution >= 4 is 41.2 Å². The highest BCUT2D eigenvalue weighted by Gasteiger charge is 2.52. The third kappa shape index (κ3) is 10.9. The van der Waals surface area contributed by atoms with Gasteiger partial charge in [-0.15, -0.1) is 0 Å². The van der Waals surface area contributed by atoms with E-state index < -0.39 is 42.1 Å². The van der Waals surface area contributed by atoms with Crippen molar-refractivity contribution in [2.75, 3.05) is 32.8 Å². The summed E-state index contributed by atoms with van der Waals surface area (Å²) in [6, 6.07) is 27.4. The van der Waals surface area contributed by atoms with Crippen molar-refractivity contribution in [1.29, 1.82) is 0 Å². The number of carbonyl (C=O) groups is 3. The molecule has 4 saturated heterocycles. The van der Waals surface area contributed by atoms with Crippen LogP contribution in [0.5, 0.6) is 17.2 Å². The number of aromatic nitrogens is 1. The Kier molecular flexibility index (Phi) is 14.5. The summed E-state index contributed by atoms with van der Waals surface area (Å²) in [6.07, 6.45) is 5.70. The Labute approximate surface area is 408 Å². The predicted molar refractivity (Wildman–Crippen MR) is 248 cm³/mol. The number of alkyl halides is 2. The molecule has 4 atom stereocenters. The second-order valence-electron chi connectivity index (χ2n) is 18.3. The Morgan fingerprint density at radius 1 is 0.841 bits per heavy atom. The van der Waals surface area contributed by atoms with E-state index in [2.05, 4.69) is 10.2 Å². The van der Waals surface area contributed by atoms with Crippen molar-refractivity contribution in [3.8, 4) is 17.2 Å². The minimum absolute atomic E-state index is 0.0141. The second kappa shape index (κ2) is 20.8. The van der Waals surface area contributed by atoms with Crippen LogP contribution in [0.25, 0.3) is 0 Å². The topological polar surface area (TPSA) is 154 Å². The predicted octanol–water partition coefficient (Wildman–Crippen LogP) is 8.15. The summed E-state index contributed by atoms with van der Waals surface area (Å²) in [5, 5.41) is 27.2. The molecule has 5 aromatic rings. The first-order valence-corrected chi connectivity index (χ1v) is 24.0. The number of ether oxygens (including phenoxy) is 4. The molecule has 2 N–H and O–H groups in total. The number of alkyl carbamates (subject to hydrolysis) is 1. The van der Waals surface area contributed by atoms with Gasteiger partial charge in [-0.2, -0.15) is 8.78 Å². The molecule has 362 valence electrons. The maximum Gasteiger partial charge on any atom is 0.408 e. The number of fused-ring (bicyclic) bond motifs is 3. The zero-order chi connectivity index (χ0) is 48.2. The summed E-state index contributed by atoms with van der Waals surface area (Å²) in [7, 11) is 0. The zero-order valence-corrected chi connectivity index (χ0v) is 39.1. The number of piperidine rings is 3. The van der Waals surface area contributed by atoms with Gasteiger partial charge in [-0.1, -0.05) is 83.9 Å². The van der Waals surface area contributed by atoms with Crippen molar-refractivity contribution in [2.24, 2.45) is 11.8 Å². The molecular weight excluding hydrogens is 933 g/mol. The van der Waals surface area contributed by atoms with Gasteiger partial charge in [0.25, 0.3) is 5.91 Å². The lowest BCUT2D eigenvalue weighted by atomic mass is 9.73. The minimum Gasteiger partial charge on any atom is -0.548 e. The number of nitrogens with one attached hydrogen (secondary N) is 1. The van der Waals surface area contributed by atoms with Crippen molar-refractivity contribution in [1.82, 2.24) is 15.1 Å². The first-order chi connectivity index (χ1) is 33.3. The van der Waals surface area contributed by atoms with Gasteiger partial charge in [-0.3, -0.25) is 14.9 Å². The van der Waals surface area contributed by atoms with Crippen LogP contribution in [-0.2, 0) is 22.6 Å². The standard InChI is InChI=1S/C52H52Cl2F2N4O9/c53-42-27-59(65)28-43(54)40(42)26-41(36-15-16-44(68-50(55)56)45(25-36)67-30-32-13-14-32)52(49(62)63)19-6-20-60(52)48(61)38-11-4-7-33(23-38)31-66-39-12-5-10-37(24-39)47(35-8-2-1-3-9-35)57-51(64)69-46-29-58-21-17-34(46)18-22-58/h1-5,7-12,15-16,23-25,27-28,32,34,41,46-47,50H,6,13-14,17-22,26,29-31H2,(H2-,57,62,63,64,65)/t41-,46-,47-,52-/m0/s1. The van der Waals surface area contributed by atoms with E-state index in [9.17, 15) is 33.5 Å². The van der Waals surface area contributed by atoms with Gasteiger partial charge in [-0.25, -0.2) is 4.79 Å². The Morgan fingerprint density at radius 2 is 1.58 bits per heavy atom. The Balaban J connectivity index is 0.971. The highest BCUT2D eigenvalue weighted by Crippen LogP contribution is 2.47. The molecule has 0 unspecified atom stereocenters. The van der Waals surface area contributed by atoms with E-state index in [1.54, 1.807) is 30.3 Å². The number of carboxylic acids is 1. The molecule has 2 amide bonds. The number of rotatable bonds is 18. The second-order valence-corrected chi connectivity index (χ2v) is 19.1. The quantitative estimate of drug-likeness (QED) is 0.0650. The number of carbonyl (C=O) groups excluding carboxylic acids is 3. The van der Waals surface area contributed by atoms with Crippen LogP contribution in [0.1, 0.15) is 88.7 Å². The molecule has 5 fully saturated rings. The molecule has 10 rings (SSSR count). The maximum atomic E-state index is 14.8. The monoisotopic (exact) mass is 984 g/mol. The van der Waals surface area contributed by atoms with E-state index in [0.717, 1.165) is 56.4 Å². The van der Waals surface area contributed by atoms with Gasteiger partial charge in [0.05, 0.1) is 24.2 Å². The fourth-order valence-corrected chi connectivity index (χ4v) is 10.7. The molecule has 0 spiro atoms. The van der Waals surface area contributed by atoms with Gasteiger partial charge >= 0.3 is 12.7 Å². The zero-order valence-electron chi connectivity index (χ0n) is 37.6. The number of likely N-dealkylation sites (tertiary alicyclic amines) is 1. The molecule has 1 aromatic heterocycles. The van der Waals surface area contributed by atoms with Crippen molar-refractivity contribution < 1.29 is 57.2 Å². The number of halogens is 4. The van der Waals surface area contributed by atoms with Gasteiger partial charge in [0.15, 0.2) is 11.5 Å². The van der Waals surface area contributed by atoms with E-state index in [4.69, 9.17) is 42.1 Å². The molecule has 5 heterocycles. The van der Waals surface area contributed by atoms with Crippen LogP contribution in [-0.4, -0.2) is 84.0 Å². The summed E-state index contributed by atoms with van der Waals surface area (Å²) in [6.45, 7) is -0.0337. The van der Waals surface area contributed by atoms with E-state index in [-0.39, 0.29) is 83.7 Å². The van der Waals surface area contributed by atoms with Crippen LogP contribution in [0.2, 0.25) is 10.0 Å². The summed E-state index contributed by atoms with van der Waals surface area (Å²) in [4.78, 5) is 45.7. The van der Waals surface area contributed by atoms with Gasteiger partial charge in [0, 0.05) is 34.9 Å². The molecule has 13 nitrogen and oxygen atoms in total. The van der Waals surface area contributed by atoms with Crippen molar-refractivity contribution in [3.63, 3.8) is 0 Å². The molecule has 1 aliphatic carbocycles. The Morgan fingerprint density at radius 3 is 2.28 bits per heavy atom. The van der Waals surface area contributed by atoms with Crippen LogP contribution < -0.4 is 29.4 Å². The van der Waals surface area contributed by atoms with E-state index >= 15 is 0 Å². The number of pyridine rings is 1. The van der Waals surface area contributed by atoms with E-state index in [0.29, 0.717) is 27.5 Å². The van der Waals surface area contributed by atoms with Crippen LogP contribution in [0.15, 0.2) is 109 Å². The Hall–Kier alpha value is -6.16. The van der Waals surface area contributed by atoms with Crippen molar-refractivity contribution in [3.05, 3.63) is 153 Å². The largest absolute Gasteiger partial charge is 0.548 e. The lowest BCUT2D eigenvalue weighted by Gasteiger charge is -2.46. The van der Waals surface area contributed by atoms with Gasteiger partial charge in [0.2, 0.25) is 12.4 Å². The SMILES string of the molecule is O=C(N[C@@H](c1ccccc1)c1cccc(OCc2cccc(C(=O)N3CCC[C@@]3(C(=O)[O-])[C@@H](Cc3c(Cl)c[n+](O)cc3Cl)c3ccc(OC(F)F)c(OCC4CC4)c3)c2)c1)O[C@H]1CN2CCC1CC2. The van der Waals surface area contributed by atoms with Crippen LogP contribution in [0.3, 0.4) is 0 Å². The smallest absolute Gasteiger partial charge is 0.408 e. The average molecular weight is 986 g/mol. The summed E-state index contributed by atoms with van der Waals surface area (Å²) >= 11 is 13.3. The van der Waals surface area contributed by atoms with Crippen molar-refractivity contribution in [2.45, 2.75) is 81.8 Å². The number of benzene rings is 4. The van der Waals surface area contributed by atoms with E-state index in [1.165, 1.54) is 35.5 Å². The van der Waals surface area contributed by atoms with E-state index in [1.807, 2.05) is 48.5 Å². The number of aliphatic carboxylic acids is 1. The third-order valence-electron chi connectivity index (χ3n) is 13.9. The normalized spacial score (nSPS) is 21.6. The molecule has 69 heavy (non-hydrogen) atoms. The molecule has 4 aliphatic heterocycles. The third-order valence-corrected chi connectivity index (χ3v) is 14.5. The molecule has 4 aromatic carbocycles. The number of hydrogen-bond donors (Lipinski definition) is 2. The maximum absolute atomic E-state index is 14.8. The highest BCUT2D eigenvalue weighted by molar-refractivity contribution is 6.35. The number of carboxylic acid groups (broad SMARTS) is 1. The molecular formula is C52H52Cl2F2N4O9. The molecule has 0 radical (unpaired) electrons. The lowest BCUT2D eigenvalue weighted by Crippen LogP contribution is -2.62. The molecule has 5 aliphatic rings. The van der Waals surface area contributed by atoms with Crippen LogP contribution in [0, 0.1) is 11.8 Å². The Bertz CT molecular complexity index is 2650. The fourth-order valence-electron chi connectivity index (χ4n) is 10.1. The highest BCUT2D eigenvalue weighted by atomic mass is 35.5. The molecule has 2 bridgehead atoms. The molecule has 1 saturated carbocycles. The van der Waals surface area contributed by atoms with Gasteiger partial charge in [-0.05, 0) is 129 Å². The number of hydrogen-bond acceptors (Lipinski definition) is 10. The lowest BCUT2D eigenvalue weighted by molar-refractivity contribution is -0.904. The molecule has 17 heteroatoms. The minimum atomic E-state index is -3.16.